The molecule has 7 heteroatoms. The molecule has 25 heavy (non-hydrogen) atoms. The number of hydrogen-bond acceptors (Lipinski definition) is 5. The van der Waals surface area contributed by atoms with Gasteiger partial charge in [0.15, 0.2) is 9.84 Å². The summed E-state index contributed by atoms with van der Waals surface area (Å²) in [5.74, 6) is -1.02. The number of rotatable bonds is 6. The molecular weight excluding hydrogens is 340 g/mol. The van der Waals surface area contributed by atoms with Gasteiger partial charge in [-0.15, -0.1) is 0 Å². The van der Waals surface area contributed by atoms with Gasteiger partial charge in [-0.2, -0.15) is 0 Å². The summed E-state index contributed by atoms with van der Waals surface area (Å²) in [6.07, 6.45) is 2.51. The lowest BCUT2D eigenvalue weighted by atomic mass is 9.75. The van der Waals surface area contributed by atoms with E-state index in [-0.39, 0.29) is 23.8 Å². The van der Waals surface area contributed by atoms with Gasteiger partial charge in [0.05, 0.1) is 17.7 Å². The number of pyridine rings is 1. The van der Waals surface area contributed by atoms with Crippen molar-refractivity contribution in [1.82, 2.24) is 10.3 Å². The number of benzene rings is 1. The fraction of sp³-hybridized carbons (Fsp3) is 0.444. The van der Waals surface area contributed by atoms with Crippen molar-refractivity contribution in [3.63, 3.8) is 0 Å². The van der Waals surface area contributed by atoms with Crippen LogP contribution < -0.4 is 5.32 Å². The van der Waals surface area contributed by atoms with E-state index in [0.29, 0.717) is 12.8 Å². The first kappa shape index (κ1) is 17.8. The van der Waals surface area contributed by atoms with Crippen LogP contribution in [0.15, 0.2) is 36.5 Å². The van der Waals surface area contributed by atoms with Crippen LogP contribution in [0.1, 0.15) is 31.4 Å². The third-order valence-corrected chi connectivity index (χ3v) is 6.28. The molecule has 0 radical (unpaired) electrons. The van der Waals surface area contributed by atoms with Gasteiger partial charge >= 0.3 is 0 Å². The zero-order valence-corrected chi connectivity index (χ0v) is 14.9. The van der Waals surface area contributed by atoms with Gasteiger partial charge in [-0.25, -0.2) is 8.42 Å². The topological polar surface area (TPSA) is 96.4 Å². The lowest BCUT2D eigenvalue weighted by Crippen LogP contribution is -2.43. The van der Waals surface area contributed by atoms with Crippen LogP contribution in [0.2, 0.25) is 0 Å². The van der Waals surface area contributed by atoms with Crippen molar-refractivity contribution in [2.45, 2.75) is 31.9 Å². The summed E-state index contributed by atoms with van der Waals surface area (Å²) in [4.78, 5) is 16.6. The largest absolute Gasteiger partial charge is 0.393 e. The van der Waals surface area contributed by atoms with Gasteiger partial charge in [-0.3, -0.25) is 9.78 Å². The number of hydrogen-bond donors (Lipinski definition) is 2. The first-order chi connectivity index (χ1) is 11.9. The number of carbonyl (C=O) groups is 1. The summed E-state index contributed by atoms with van der Waals surface area (Å²) in [5, 5.41) is 13.4. The number of nitrogens with zero attached hydrogens (tertiary/aromatic N) is 1. The maximum Gasteiger partial charge on any atom is 0.235 e. The Bertz CT molecular complexity index is 876. The maximum absolute atomic E-state index is 12.2. The van der Waals surface area contributed by atoms with Crippen LogP contribution >= 0.6 is 0 Å². The van der Waals surface area contributed by atoms with E-state index in [1.165, 1.54) is 6.92 Å². The highest BCUT2D eigenvalue weighted by Gasteiger charge is 2.36. The third-order valence-electron chi connectivity index (χ3n) is 4.70. The van der Waals surface area contributed by atoms with Crippen LogP contribution in [0, 0.1) is 5.92 Å². The molecule has 1 amide bonds. The average Bonchev–Trinajstić information content (AvgIpc) is 2.56. The van der Waals surface area contributed by atoms with Crippen molar-refractivity contribution in [1.29, 1.82) is 0 Å². The zero-order valence-electron chi connectivity index (χ0n) is 14.1. The number of aromatic nitrogens is 1. The molecule has 1 fully saturated rings. The second-order valence-corrected chi connectivity index (χ2v) is 8.92. The number of fused-ring (bicyclic) bond motifs is 1. The molecule has 0 spiro atoms. The number of sulfone groups is 1. The molecule has 1 aliphatic rings. The molecule has 0 bridgehead atoms. The second-order valence-electron chi connectivity index (χ2n) is 6.57. The molecule has 1 aromatic carbocycles. The lowest BCUT2D eigenvalue weighted by Gasteiger charge is -2.38. The second kappa shape index (κ2) is 7.09. The molecule has 1 heterocycles. The van der Waals surface area contributed by atoms with E-state index in [2.05, 4.69) is 10.3 Å². The number of amides is 1. The summed E-state index contributed by atoms with van der Waals surface area (Å²) in [5.41, 5.74) is 1.69. The number of carbonyl (C=O) groups excluding carboxylic acids is 1. The van der Waals surface area contributed by atoms with Crippen molar-refractivity contribution >= 4 is 26.6 Å². The maximum atomic E-state index is 12.2. The first-order valence-electron chi connectivity index (χ1n) is 8.40. The van der Waals surface area contributed by atoms with E-state index in [1.807, 2.05) is 30.3 Å². The number of aliphatic hydroxyl groups excluding tert-OH is 1. The predicted octanol–water partition coefficient (Wildman–Crippen LogP) is 1.60. The van der Waals surface area contributed by atoms with E-state index in [0.717, 1.165) is 16.5 Å². The van der Waals surface area contributed by atoms with Gasteiger partial charge in [0, 0.05) is 17.3 Å². The van der Waals surface area contributed by atoms with E-state index < -0.39 is 21.5 Å². The van der Waals surface area contributed by atoms with E-state index in [1.54, 1.807) is 6.20 Å². The molecule has 2 N–H and O–H groups in total. The van der Waals surface area contributed by atoms with Crippen LogP contribution in [0.5, 0.6) is 0 Å². The zero-order chi connectivity index (χ0) is 18.0. The third kappa shape index (κ3) is 4.16. The van der Waals surface area contributed by atoms with Crippen LogP contribution in [0.3, 0.4) is 0 Å². The van der Waals surface area contributed by atoms with Crippen molar-refractivity contribution in [2.24, 2.45) is 5.92 Å². The first-order valence-corrected chi connectivity index (χ1v) is 10.2. The van der Waals surface area contributed by atoms with Gasteiger partial charge < -0.3 is 10.4 Å². The van der Waals surface area contributed by atoms with Gasteiger partial charge in [-0.1, -0.05) is 25.1 Å². The molecule has 1 aliphatic carbocycles. The summed E-state index contributed by atoms with van der Waals surface area (Å²) in [6, 6.07) is 9.30. The Hall–Kier alpha value is -1.99. The molecule has 3 rings (SSSR count). The van der Waals surface area contributed by atoms with E-state index >= 15 is 0 Å². The Kier molecular flexibility index (Phi) is 5.06. The molecule has 134 valence electrons. The summed E-state index contributed by atoms with van der Waals surface area (Å²) < 4.78 is 23.4. The Morgan fingerprint density at radius 2 is 2.08 bits per heavy atom. The number of aliphatic hydroxyl groups is 1. The molecule has 1 aromatic heterocycles. The molecule has 6 nitrogen and oxygen atoms in total. The van der Waals surface area contributed by atoms with Crippen LogP contribution in [-0.4, -0.2) is 42.0 Å². The SMILES string of the molecule is CCS(=O)(=O)CC(=O)N[C@H](c1cnc2ccccc2c1)C1CC(O)C1. The number of nitrogens with one attached hydrogen (secondary N) is 1. The highest BCUT2D eigenvalue weighted by Crippen LogP contribution is 2.38. The molecular formula is C18H22N2O4S. The predicted molar refractivity (Wildman–Crippen MR) is 95.7 cm³/mol. The number of para-hydroxylation sites is 1. The minimum atomic E-state index is -3.38. The molecule has 1 atom stereocenters. The molecule has 0 unspecified atom stereocenters. The lowest BCUT2D eigenvalue weighted by molar-refractivity contribution is -0.120. The Balaban J connectivity index is 1.85. The summed E-state index contributed by atoms with van der Waals surface area (Å²) >= 11 is 0. The van der Waals surface area contributed by atoms with Gasteiger partial charge in [0.2, 0.25) is 5.91 Å². The van der Waals surface area contributed by atoms with Crippen LogP contribution in [-0.2, 0) is 14.6 Å². The van der Waals surface area contributed by atoms with Crippen LogP contribution in [0.4, 0.5) is 0 Å². The molecule has 0 aliphatic heterocycles. The van der Waals surface area contributed by atoms with Crippen molar-refractivity contribution in [3.8, 4) is 0 Å². The van der Waals surface area contributed by atoms with Crippen LogP contribution in [0.25, 0.3) is 10.9 Å². The fourth-order valence-corrected chi connectivity index (χ4v) is 3.84. The average molecular weight is 362 g/mol. The van der Waals surface area contributed by atoms with Crippen molar-refractivity contribution in [3.05, 3.63) is 42.1 Å². The van der Waals surface area contributed by atoms with Gasteiger partial charge in [0.1, 0.15) is 5.75 Å². The standard InChI is InChI=1S/C18H22N2O4S/c1-2-25(23,24)11-17(22)20-18(13-8-15(21)9-13)14-7-12-5-3-4-6-16(12)19-10-14/h3-7,10,13,15,18,21H,2,8-9,11H2,1H3,(H,20,22)/t13?,15?,18-/m0/s1. The monoisotopic (exact) mass is 362 g/mol. The summed E-state index contributed by atoms with van der Waals surface area (Å²) in [7, 11) is -3.38. The highest BCUT2D eigenvalue weighted by molar-refractivity contribution is 7.92. The molecule has 1 saturated carbocycles. The van der Waals surface area contributed by atoms with Gasteiger partial charge in [0.25, 0.3) is 0 Å². The Morgan fingerprint density at radius 1 is 1.36 bits per heavy atom. The Morgan fingerprint density at radius 3 is 2.76 bits per heavy atom. The minimum absolute atomic E-state index is 0.0647. The molecule has 0 saturated heterocycles. The highest BCUT2D eigenvalue weighted by atomic mass is 32.2. The van der Waals surface area contributed by atoms with E-state index in [9.17, 15) is 18.3 Å². The van der Waals surface area contributed by atoms with Gasteiger partial charge in [-0.05, 0) is 36.5 Å². The normalized spacial score (nSPS) is 21.5. The minimum Gasteiger partial charge on any atom is -0.393 e. The molecule has 2 aromatic rings. The van der Waals surface area contributed by atoms with Crippen molar-refractivity contribution in [2.75, 3.05) is 11.5 Å². The summed E-state index contributed by atoms with van der Waals surface area (Å²) in [6.45, 7) is 1.52. The van der Waals surface area contributed by atoms with Crippen molar-refractivity contribution < 1.29 is 18.3 Å². The fourth-order valence-electron chi connectivity index (χ4n) is 3.15. The quantitative estimate of drug-likeness (QED) is 0.814. The smallest absolute Gasteiger partial charge is 0.235 e. The van der Waals surface area contributed by atoms with E-state index in [4.69, 9.17) is 0 Å². The Labute approximate surface area is 147 Å².